The van der Waals surface area contributed by atoms with Crippen LogP contribution in [-0.4, -0.2) is 23.7 Å². The fourth-order valence-corrected chi connectivity index (χ4v) is 2.32. The molecule has 2 rings (SSSR count). The molecule has 3 heteroatoms. The molecule has 3 nitrogen and oxygen atoms in total. The molecule has 0 saturated carbocycles. The third kappa shape index (κ3) is 1.66. The second kappa shape index (κ2) is 3.81. The van der Waals surface area contributed by atoms with Crippen molar-refractivity contribution in [2.75, 3.05) is 11.4 Å². The van der Waals surface area contributed by atoms with E-state index in [0.717, 1.165) is 12.2 Å². The number of aromatic carboxylic acids is 1. The molecule has 1 atom stereocenters. The first-order valence-corrected chi connectivity index (χ1v) is 5.64. The molecule has 0 amide bonds. The van der Waals surface area contributed by atoms with Crippen LogP contribution in [0.15, 0.2) is 18.2 Å². The number of carboxylic acids is 1. The highest BCUT2D eigenvalue weighted by atomic mass is 16.4. The number of benzene rings is 1. The van der Waals surface area contributed by atoms with Gasteiger partial charge in [0.05, 0.1) is 5.56 Å². The molecular weight excluding hydrogens is 202 g/mol. The first kappa shape index (κ1) is 11.0. The van der Waals surface area contributed by atoms with Gasteiger partial charge in [-0.25, -0.2) is 4.79 Å². The topological polar surface area (TPSA) is 40.5 Å². The van der Waals surface area contributed by atoms with Gasteiger partial charge in [-0.15, -0.1) is 0 Å². The maximum atomic E-state index is 10.9. The molecule has 0 spiro atoms. The summed E-state index contributed by atoms with van der Waals surface area (Å²) in [6.07, 6.45) is 0. The van der Waals surface area contributed by atoms with Crippen molar-refractivity contribution in [1.82, 2.24) is 0 Å². The normalized spacial score (nSPS) is 19.0. The summed E-state index contributed by atoms with van der Waals surface area (Å²) >= 11 is 0. The molecule has 1 unspecified atom stereocenters. The summed E-state index contributed by atoms with van der Waals surface area (Å²) in [7, 11) is 0. The zero-order chi connectivity index (χ0) is 11.9. The van der Waals surface area contributed by atoms with E-state index < -0.39 is 5.97 Å². The average Bonchev–Trinajstić information content (AvgIpc) is 2.56. The number of nitrogens with zero attached hydrogens (tertiary/aromatic N) is 1. The van der Waals surface area contributed by atoms with E-state index >= 15 is 0 Å². The van der Waals surface area contributed by atoms with Crippen LogP contribution in [0.1, 0.15) is 42.6 Å². The summed E-state index contributed by atoms with van der Waals surface area (Å²) in [5.74, 6) is -0.369. The Morgan fingerprint density at radius 2 is 2.19 bits per heavy atom. The van der Waals surface area contributed by atoms with E-state index in [1.54, 1.807) is 12.1 Å². The van der Waals surface area contributed by atoms with Gasteiger partial charge in [-0.2, -0.15) is 0 Å². The van der Waals surface area contributed by atoms with Crippen LogP contribution in [0.5, 0.6) is 0 Å². The van der Waals surface area contributed by atoms with Gasteiger partial charge in [-0.1, -0.05) is 13.0 Å². The fraction of sp³-hybridized carbons (Fsp3) is 0.462. The summed E-state index contributed by atoms with van der Waals surface area (Å²) in [4.78, 5) is 13.2. The third-order valence-corrected chi connectivity index (χ3v) is 3.21. The second-order valence-corrected chi connectivity index (χ2v) is 4.73. The molecule has 86 valence electrons. The Labute approximate surface area is 95.7 Å². The van der Waals surface area contributed by atoms with Crippen LogP contribution in [0, 0.1) is 0 Å². The van der Waals surface area contributed by atoms with Gasteiger partial charge in [-0.05, 0) is 31.5 Å². The Bertz CT molecular complexity index is 426. The van der Waals surface area contributed by atoms with Crippen LogP contribution in [0.2, 0.25) is 0 Å². The van der Waals surface area contributed by atoms with E-state index in [9.17, 15) is 4.79 Å². The summed E-state index contributed by atoms with van der Waals surface area (Å²) in [5.41, 5.74) is 2.72. The molecule has 0 radical (unpaired) electrons. The van der Waals surface area contributed by atoms with Crippen molar-refractivity contribution in [3.05, 3.63) is 29.3 Å². The van der Waals surface area contributed by atoms with Crippen molar-refractivity contribution in [2.45, 2.75) is 32.7 Å². The molecule has 1 heterocycles. The van der Waals surface area contributed by atoms with Gasteiger partial charge in [0, 0.05) is 24.2 Å². The Hall–Kier alpha value is -1.51. The minimum atomic E-state index is -0.856. The van der Waals surface area contributed by atoms with Gasteiger partial charge >= 0.3 is 5.97 Å². The summed E-state index contributed by atoms with van der Waals surface area (Å²) < 4.78 is 0. The molecule has 1 aliphatic rings. The van der Waals surface area contributed by atoms with Crippen LogP contribution in [0.25, 0.3) is 0 Å². The van der Waals surface area contributed by atoms with Gasteiger partial charge in [0.1, 0.15) is 0 Å². The molecule has 1 aromatic rings. The molecule has 0 aliphatic carbocycles. The number of carbonyl (C=O) groups is 1. The second-order valence-electron chi connectivity index (χ2n) is 4.73. The van der Waals surface area contributed by atoms with Crippen molar-refractivity contribution in [2.24, 2.45) is 0 Å². The van der Waals surface area contributed by atoms with Gasteiger partial charge in [-0.3, -0.25) is 0 Å². The van der Waals surface area contributed by atoms with Crippen molar-refractivity contribution in [3.63, 3.8) is 0 Å². The monoisotopic (exact) mass is 219 g/mol. The first-order chi connectivity index (χ1) is 7.50. The molecule has 1 aromatic carbocycles. The quantitative estimate of drug-likeness (QED) is 0.831. The van der Waals surface area contributed by atoms with Gasteiger partial charge in [0.2, 0.25) is 0 Å². The fourth-order valence-electron chi connectivity index (χ4n) is 2.32. The molecule has 0 bridgehead atoms. The largest absolute Gasteiger partial charge is 0.478 e. The van der Waals surface area contributed by atoms with Crippen molar-refractivity contribution >= 4 is 11.7 Å². The smallest absolute Gasteiger partial charge is 0.335 e. The summed E-state index contributed by atoms with van der Waals surface area (Å²) in [5, 5.41) is 8.99. The highest BCUT2D eigenvalue weighted by Gasteiger charge is 2.27. The number of anilines is 1. The number of hydrogen-bond donors (Lipinski definition) is 1. The zero-order valence-electron chi connectivity index (χ0n) is 9.90. The average molecular weight is 219 g/mol. The predicted octanol–water partition coefficient (Wildman–Crippen LogP) is 2.72. The van der Waals surface area contributed by atoms with E-state index in [1.165, 1.54) is 5.56 Å². The molecule has 0 saturated heterocycles. The van der Waals surface area contributed by atoms with E-state index in [1.807, 2.05) is 6.07 Å². The van der Waals surface area contributed by atoms with E-state index in [0.29, 0.717) is 17.5 Å². The Kier molecular flexibility index (Phi) is 2.62. The molecule has 1 aliphatic heterocycles. The standard InChI is InChI=1S/C13H17NO2/c1-8(2)14-7-9(3)11-5-4-10(13(15)16)6-12(11)14/h4-6,8-9H,7H2,1-3H3,(H,15,16). The number of hydrogen-bond acceptors (Lipinski definition) is 2. The highest BCUT2D eigenvalue weighted by Crippen LogP contribution is 2.37. The van der Waals surface area contributed by atoms with Crippen LogP contribution in [0.3, 0.4) is 0 Å². The Morgan fingerprint density at radius 1 is 1.50 bits per heavy atom. The van der Waals surface area contributed by atoms with Crippen LogP contribution < -0.4 is 4.90 Å². The van der Waals surface area contributed by atoms with E-state index in [-0.39, 0.29) is 0 Å². The minimum Gasteiger partial charge on any atom is -0.478 e. The van der Waals surface area contributed by atoms with Crippen LogP contribution in [-0.2, 0) is 0 Å². The van der Waals surface area contributed by atoms with Crippen molar-refractivity contribution in [1.29, 1.82) is 0 Å². The molecule has 1 N–H and O–H groups in total. The van der Waals surface area contributed by atoms with Crippen LogP contribution in [0.4, 0.5) is 5.69 Å². The molecular formula is C13H17NO2. The lowest BCUT2D eigenvalue weighted by Crippen LogP contribution is -2.29. The lowest BCUT2D eigenvalue weighted by atomic mass is 10.0. The Morgan fingerprint density at radius 3 is 2.75 bits per heavy atom. The minimum absolute atomic E-state index is 0.374. The first-order valence-electron chi connectivity index (χ1n) is 5.64. The maximum absolute atomic E-state index is 10.9. The van der Waals surface area contributed by atoms with Crippen LogP contribution >= 0.6 is 0 Å². The number of rotatable bonds is 2. The van der Waals surface area contributed by atoms with E-state index in [4.69, 9.17) is 5.11 Å². The zero-order valence-corrected chi connectivity index (χ0v) is 9.90. The Balaban J connectivity index is 2.47. The molecule has 16 heavy (non-hydrogen) atoms. The molecule has 0 aromatic heterocycles. The third-order valence-electron chi connectivity index (χ3n) is 3.21. The van der Waals surface area contributed by atoms with Gasteiger partial charge in [0.15, 0.2) is 0 Å². The number of carboxylic acid groups (broad SMARTS) is 1. The molecule has 0 fully saturated rings. The van der Waals surface area contributed by atoms with E-state index in [2.05, 4.69) is 25.7 Å². The van der Waals surface area contributed by atoms with Gasteiger partial charge < -0.3 is 10.0 Å². The van der Waals surface area contributed by atoms with Crippen molar-refractivity contribution in [3.8, 4) is 0 Å². The SMILES string of the molecule is CC1CN(C(C)C)c2cc(C(=O)O)ccc21. The lowest BCUT2D eigenvalue weighted by Gasteiger charge is -2.24. The maximum Gasteiger partial charge on any atom is 0.335 e. The predicted molar refractivity (Wildman–Crippen MR) is 64.3 cm³/mol. The summed E-state index contributed by atoms with van der Waals surface area (Å²) in [6.45, 7) is 7.43. The summed E-state index contributed by atoms with van der Waals surface area (Å²) in [6, 6.07) is 5.85. The highest BCUT2D eigenvalue weighted by molar-refractivity contribution is 5.89. The van der Waals surface area contributed by atoms with Gasteiger partial charge in [0.25, 0.3) is 0 Å². The lowest BCUT2D eigenvalue weighted by molar-refractivity contribution is 0.0697. The number of fused-ring (bicyclic) bond motifs is 1. The van der Waals surface area contributed by atoms with Crippen molar-refractivity contribution < 1.29 is 9.90 Å².